The van der Waals surface area contributed by atoms with E-state index in [4.69, 9.17) is 9.47 Å². The van der Waals surface area contributed by atoms with Gasteiger partial charge < -0.3 is 29.5 Å². The third-order valence-electron chi connectivity index (χ3n) is 13.2. The molecule has 0 amide bonds. The lowest BCUT2D eigenvalue weighted by Gasteiger charge is -2.41. The molecule has 4 fully saturated rings. The highest BCUT2D eigenvalue weighted by Crippen LogP contribution is 2.46. The van der Waals surface area contributed by atoms with Gasteiger partial charge in [0, 0.05) is 24.9 Å². The SMILES string of the molecule is CN(C)CC(c1ccc(OC(=O)Oc2ccc(C(CN(C)C)C3(O)CCCCC3)cc2C2CCCCC2)c(C2CCCCC2)c1)C1(O)CCCCC1.Cl. The van der Waals surface area contributed by atoms with Crippen LogP contribution in [0.1, 0.15) is 174 Å². The van der Waals surface area contributed by atoms with E-state index in [-0.39, 0.29) is 24.2 Å². The summed E-state index contributed by atoms with van der Waals surface area (Å²) in [5.41, 5.74) is 2.98. The fraction of sp³-hybridized carbons (Fsp3) is 0.711. The molecule has 0 radical (unpaired) electrons. The van der Waals surface area contributed by atoms with Crippen molar-refractivity contribution in [1.82, 2.24) is 9.80 Å². The third-order valence-corrected chi connectivity index (χ3v) is 13.2. The molecule has 4 saturated carbocycles. The van der Waals surface area contributed by atoms with Crippen LogP contribution >= 0.6 is 12.4 Å². The number of ether oxygens (including phenoxy) is 2. The molecule has 2 aromatic carbocycles. The van der Waals surface area contributed by atoms with Gasteiger partial charge >= 0.3 is 6.16 Å². The van der Waals surface area contributed by atoms with Crippen molar-refractivity contribution in [2.45, 2.75) is 163 Å². The summed E-state index contributed by atoms with van der Waals surface area (Å²) < 4.78 is 12.4. The van der Waals surface area contributed by atoms with Gasteiger partial charge in [-0.15, -0.1) is 12.4 Å². The average Bonchev–Trinajstić information content (AvgIpc) is 3.14. The molecule has 0 heterocycles. The van der Waals surface area contributed by atoms with Crippen LogP contribution in [0.15, 0.2) is 36.4 Å². The van der Waals surface area contributed by atoms with E-state index in [1.807, 2.05) is 12.1 Å². The number of hydrogen-bond acceptors (Lipinski definition) is 7. The maximum Gasteiger partial charge on any atom is 0.519 e. The standard InChI is InChI=1S/C45H68N2O5.ClH/c1-46(2)31-39(44(49)25-13-7-14-26-44)35-21-23-41(37(29-35)33-17-9-5-10-18-33)51-43(48)52-42-24-22-36(30-38(42)34-19-11-6-12-20-34)40(32-47(3)4)45(50)27-15-8-16-28-45;/h21-24,29-30,33-34,39-40,49-50H,5-20,25-28,31-32H2,1-4H3;1H. The largest absolute Gasteiger partial charge is 0.519 e. The Labute approximate surface area is 326 Å². The van der Waals surface area contributed by atoms with Crippen LogP contribution in [0.3, 0.4) is 0 Å². The maximum atomic E-state index is 13.8. The molecular weight excluding hydrogens is 684 g/mol. The lowest BCUT2D eigenvalue weighted by molar-refractivity contribution is -0.0281. The fourth-order valence-corrected chi connectivity index (χ4v) is 10.3. The fourth-order valence-electron chi connectivity index (χ4n) is 10.3. The molecule has 0 spiro atoms. The smallest absolute Gasteiger partial charge is 0.394 e. The Morgan fingerprint density at radius 1 is 0.604 bits per heavy atom. The quantitative estimate of drug-likeness (QED) is 0.165. The van der Waals surface area contributed by atoms with Gasteiger partial charge in [-0.2, -0.15) is 0 Å². The number of aliphatic hydroxyl groups is 2. The lowest BCUT2D eigenvalue weighted by atomic mass is 9.71. The van der Waals surface area contributed by atoms with Crippen LogP contribution in [0.25, 0.3) is 0 Å². The predicted octanol–water partition coefficient (Wildman–Crippen LogP) is 10.5. The van der Waals surface area contributed by atoms with Crippen LogP contribution in [0.5, 0.6) is 11.5 Å². The second-order valence-electron chi connectivity index (χ2n) is 17.7. The van der Waals surface area contributed by atoms with Gasteiger partial charge in [0.2, 0.25) is 0 Å². The summed E-state index contributed by atoms with van der Waals surface area (Å²) in [6, 6.07) is 12.6. The van der Waals surface area contributed by atoms with Crippen molar-refractivity contribution in [3.63, 3.8) is 0 Å². The zero-order valence-corrected chi connectivity index (χ0v) is 34.1. The Hall–Kier alpha value is -2.16. The first-order valence-corrected chi connectivity index (χ1v) is 21.0. The van der Waals surface area contributed by atoms with Crippen molar-refractivity contribution in [2.75, 3.05) is 41.3 Å². The van der Waals surface area contributed by atoms with Gasteiger partial charge in [-0.05, 0) is 126 Å². The van der Waals surface area contributed by atoms with Gasteiger partial charge in [-0.1, -0.05) is 101 Å². The van der Waals surface area contributed by atoms with E-state index < -0.39 is 17.4 Å². The molecule has 0 saturated heterocycles. The number of nitrogens with zero attached hydrogens (tertiary/aromatic N) is 2. The third kappa shape index (κ3) is 10.6. The van der Waals surface area contributed by atoms with Gasteiger partial charge in [-0.3, -0.25) is 0 Å². The Kier molecular flexibility index (Phi) is 15.2. The lowest BCUT2D eigenvalue weighted by Crippen LogP contribution is -2.43. The van der Waals surface area contributed by atoms with Crippen LogP contribution < -0.4 is 9.47 Å². The number of carbonyl (C=O) groups is 1. The first kappa shape index (κ1) is 42.0. The summed E-state index contributed by atoms with van der Waals surface area (Å²) >= 11 is 0. The predicted molar refractivity (Wildman–Crippen MR) is 217 cm³/mol. The van der Waals surface area contributed by atoms with E-state index in [1.165, 1.54) is 51.4 Å². The van der Waals surface area contributed by atoms with Gasteiger partial charge in [0.05, 0.1) is 11.2 Å². The van der Waals surface area contributed by atoms with E-state index in [0.717, 1.165) is 112 Å². The average molecular weight is 754 g/mol. The minimum absolute atomic E-state index is 0. The van der Waals surface area contributed by atoms with Crippen molar-refractivity contribution >= 4 is 18.6 Å². The minimum atomic E-state index is -0.729. The molecular formula is C45H69ClN2O5. The van der Waals surface area contributed by atoms with E-state index >= 15 is 0 Å². The molecule has 0 aromatic heterocycles. The van der Waals surface area contributed by atoms with Crippen molar-refractivity contribution in [2.24, 2.45) is 0 Å². The first-order valence-electron chi connectivity index (χ1n) is 21.0. The molecule has 6 rings (SSSR count). The van der Waals surface area contributed by atoms with Crippen molar-refractivity contribution in [1.29, 1.82) is 0 Å². The van der Waals surface area contributed by atoms with Gasteiger partial charge in [-0.25, -0.2) is 4.79 Å². The number of likely N-dealkylation sites (N-methyl/N-ethyl adjacent to an activating group) is 2. The molecule has 2 unspecified atom stereocenters. The molecule has 2 aromatic rings. The summed E-state index contributed by atoms with van der Waals surface area (Å²) in [6.07, 6.45) is 20.7. The van der Waals surface area contributed by atoms with Crippen molar-refractivity contribution in [3.8, 4) is 11.5 Å². The molecule has 53 heavy (non-hydrogen) atoms. The van der Waals surface area contributed by atoms with Crippen molar-refractivity contribution in [3.05, 3.63) is 58.7 Å². The van der Waals surface area contributed by atoms with E-state index in [0.29, 0.717) is 23.3 Å². The Bertz CT molecular complexity index is 1350. The molecule has 4 aliphatic rings. The summed E-state index contributed by atoms with van der Waals surface area (Å²) in [4.78, 5) is 18.2. The molecule has 4 aliphatic carbocycles. The normalized spacial score (nSPS) is 22.2. The van der Waals surface area contributed by atoms with Crippen LogP contribution in [0, 0.1) is 0 Å². The van der Waals surface area contributed by atoms with E-state index in [2.05, 4.69) is 62.3 Å². The maximum absolute atomic E-state index is 13.8. The van der Waals surface area contributed by atoms with Crippen LogP contribution in [-0.4, -0.2) is 78.7 Å². The monoisotopic (exact) mass is 752 g/mol. The minimum Gasteiger partial charge on any atom is -0.394 e. The Balaban J connectivity index is 0.00000541. The van der Waals surface area contributed by atoms with Crippen LogP contribution in [-0.2, 0) is 0 Å². The second-order valence-corrected chi connectivity index (χ2v) is 17.7. The first-order chi connectivity index (χ1) is 25.0. The molecule has 296 valence electrons. The number of halogens is 1. The molecule has 0 bridgehead atoms. The number of rotatable bonds is 12. The number of carbonyl (C=O) groups excluding carboxylic acids is 1. The summed E-state index contributed by atoms with van der Waals surface area (Å²) in [6.45, 7) is 1.55. The Morgan fingerprint density at radius 2 is 0.943 bits per heavy atom. The highest BCUT2D eigenvalue weighted by Gasteiger charge is 2.41. The Morgan fingerprint density at radius 3 is 1.28 bits per heavy atom. The molecule has 7 nitrogen and oxygen atoms in total. The second kappa shape index (κ2) is 19.1. The van der Waals surface area contributed by atoms with Crippen LogP contribution in [0.4, 0.5) is 4.79 Å². The molecule has 8 heteroatoms. The molecule has 0 aliphatic heterocycles. The van der Waals surface area contributed by atoms with Crippen LogP contribution in [0.2, 0.25) is 0 Å². The zero-order valence-electron chi connectivity index (χ0n) is 33.3. The topological polar surface area (TPSA) is 82.5 Å². The summed E-state index contributed by atoms with van der Waals surface area (Å²) in [5.74, 6) is 1.78. The van der Waals surface area contributed by atoms with Gasteiger partial charge in [0.15, 0.2) is 0 Å². The summed E-state index contributed by atoms with van der Waals surface area (Å²) in [7, 11) is 8.35. The number of hydrogen-bond donors (Lipinski definition) is 2. The zero-order chi connectivity index (χ0) is 36.7. The highest BCUT2D eigenvalue weighted by atomic mass is 35.5. The van der Waals surface area contributed by atoms with E-state index in [1.54, 1.807) is 0 Å². The van der Waals surface area contributed by atoms with Gasteiger partial charge in [0.1, 0.15) is 11.5 Å². The molecule has 2 N–H and O–H groups in total. The van der Waals surface area contributed by atoms with Crippen molar-refractivity contribution < 1.29 is 24.5 Å². The number of benzene rings is 2. The van der Waals surface area contributed by atoms with Gasteiger partial charge in [0.25, 0.3) is 0 Å². The highest BCUT2D eigenvalue weighted by molar-refractivity contribution is 5.85. The summed E-state index contributed by atoms with van der Waals surface area (Å²) in [5, 5.41) is 24.0. The van der Waals surface area contributed by atoms with E-state index in [9.17, 15) is 15.0 Å². The molecule has 2 atom stereocenters.